The van der Waals surface area contributed by atoms with Crippen LogP contribution in [0.2, 0.25) is 0 Å². The van der Waals surface area contributed by atoms with Crippen LogP contribution in [-0.4, -0.2) is 20.6 Å². The van der Waals surface area contributed by atoms with Crippen LogP contribution in [0.3, 0.4) is 0 Å². The second-order valence-electron chi connectivity index (χ2n) is 15.0. The molecular formula is C48H40N4. The maximum atomic E-state index is 5.44. The Morgan fingerprint density at radius 3 is 2.38 bits per heavy atom. The van der Waals surface area contributed by atoms with Crippen LogP contribution < -0.4 is 4.90 Å². The van der Waals surface area contributed by atoms with Gasteiger partial charge in [-0.2, -0.15) is 0 Å². The van der Waals surface area contributed by atoms with Gasteiger partial charge in [0, 0.05) is 27.9 Å². The molecule has 0 radical (unpaired) electrons. The number of fused-ring (bicyclic) bond motifs is 8. The molecule has 4 heteroatoms. The van der Waals surface area contributed by atoms with E-state index in [0.717, 1.165) is 48.2 Å². The van der Waals surface area contributed by atoms with Crippen LogP contribution >= 0.6 is 0 Å². The van der Waals surface area contributed by atoms with Gasteiger partial charge >= 0.3 is 0 Å². The molecule has 1 saturated carbocycles. The third-order valence-electron chi connectivity index (χ3n) is 12.0. The molecule has 4 aromatic carbocycles. The van der Waals surface area contributed by atoms with Crippen molar-refractivity contribution in [3.8, 4) is 5.82 Å². The molecule has 4 aliphatic carbocycles. The number of hydrogen-bond acceptors (Lipinski definition) is 3. The maximum Gasteiger partial charge on any atom is 0.160 e. The van der Waals surface area contributed by atoms with E-state index in [1.54, 1.807) is 16.7 Å². The minimum absolute atomic E-state index is 0.150. The molecule has 0 N–H and O–H groups in total. The Bertz CT molecular complexity index is 2640. The zero-order chi connectivity index (χ0) is 34.2. The molecule has 3 heterocycles. The van der Waals surface area contributed by atoms with Crippen LogP contribution in [0.1, 0.15) is 74.1 Å². The summed E-state index contributed by atoms with van der Waals surface area (Å²) in [6.45, 7) is 0. The lowest BCUT2D eigenvalue weighted by molar-refractivity contribution is 0.660. The molecule has 2 atom stereocenters. The van der Waals surface area contributed by atoms with E-state index in [9.17, 15) is 0 Å². The van der Waals surface area contributed by atoms with Crippen molar-refractivity contribution in [3.63, 3.8) is 0 Å². The Morgan fingerprint density at radius 2 is 1.54 bits per heavy atom. The van der Waals surface area contributed by atoms with Crippen molar-refractivity contribution in [2.75, 3.05) is 4.90 Å². The number of aromatic nitrogens is 3. The van der Waals surface area contributed by atoms with E-state index < -0.39 is 0 Å². The van der Waals surface area contributed by atoms with Crippen molar-refractivity contribution in [1.29, 1.82) is 0 Å². The van der Waals surface area contributed by atoms with Gasteiger partial charge in [-0.25, -0.2) is 9.97 Å². The number of hydrogen-bond donors (Lipinski definition) is 0. The van der Waals surface area contributed by atoms with Gasteiger partial charge < -0.3 is 4.90 Å². The van der Waals surface area contributed by atoms with E-state index >= 15 is 0 Å². The van der Waals surface area contributed by atoms with Crippen LogP contribution in [0.25, 0.3) is 49.8 Å². The highest BCUT2D eigenvalue weighted by Crippen LogP contribution is 2.54. The minimum Gasteiger partial charge on any atom is -0.333 e. The van der Waals surface area contributed by atoms with Crippen LogP contribution in [0.4, 0.5) is 11.4 Å². The Balaban J connectivity index is 1.18. The number of nitrogens with zero attached hydrogens (tertiary/aromatic N) is 4. The first-order valence-electron chi connectivity index (χ1n) is 19.2. The van der Waals surface area contributed by atoms with Gasteiger partial charge in [-0.1, -0.05) is 91.1 Å². The molecule has 5 aliphatic rings. The Labute approximate surface area is 304 Å². The summed E-state index contributed by atoms with van der Waals surface area (Å²) in [6, 6.07) is 31.9. The molecule has 0 amide bonds. The number of benzene rings is 4. The van der Waals surface area contributed by atoms with E-state index in [1.165, 1.54) is 75.6 Å². The summed E-state index contributed by atoms with van der Waals surface area (Å²) in [5, 5.41) is 2.54. The van der Waals surface area contributed by atoms with Crippen molar-refractivity contribution in [3.05, 3.63) is 162 Å². The zero-order valence-electron chi connectivity index (χ0n) is 29.3. The van der Waals surface area contributed by atoms with Crippen LogP contribution in [0.5, 0.6) is 0 Å². The van der Waals surface area contributed by atoms with Crippen LogP contribution in [-0.2, 0) is 0 Å². The first-order chi connectivity index (χ1) is 25.8. The smallest absolute Gasteiger partial charge is 0.160 e. The molecule has 2 unspecified atom stereocenters. The molecule has 52 heavy (non-hydrogen) atoms. The fourth-order valence-corrected chi connectivity index (χ4v) is 9.59. The van der Waals surface area contributed by atoms with Gasteiger partial charge in [0.25, 0.3) is 0 Å². The molecule has 0 spiro atoms. The van der Waals surface area contributed by atoms with Gasteiger partial charge in [-0.05, 0) is 122 Å². The van der Waals surface area contributed by atoms with Crippen molar-refractivity contribution < 1.29 is 0 Å². The predicted molar refractivity (Wildman–Crippen MR) is 216 cm³/mol. The Kier molecular flexibility index (Phi) is 6.86. The summed E-state index contributed by atoms with van der Waals surface area (Å²) < 4.78 is 2.42. The van der Waals surface area contributed by atoms with Crippen LogP contribution in [0.15, 0.2) is 145 Å². The molecule has 1 fully saturated rings. The normalized spacial score (nSPS) is 20.7. The lowest BCUT2D eigenvalue weighted by atomic mass is 9.78. The summed E-state index contributed by atoms with van der Waals surface area (Å²) in [5.41, 5.74) is 16.5. The van der Waals surface area contributed by atoms with Gasteiger partial charge in [0.05, 0.1) is 39.5 Å². The third kappa shape index (κ3) is 4.60. The monoisotopic (exact) mass is 672 g/mol. The number of allylic oxidation sites excluding steroid dienone is 10. The van der Waals surface area contributed by atoms with Crippen molar-refractivity contribution in [1.82, 2.24) is 14.5 Å². The van der Waals surface area contributed by atoms with E-state index in [-0.39, 0.29) is 12.0 Å². The molecule has 0 bridgehead atoms. The average Bonchev–Trinajstić information content (AvgIpc) is 3.72. The van der Waals surface area contributed by atoms with Gasteiger partial charge in [0.2, 0.25) is 0 Å². The Hall–Kier alpha value is -5.74. The van der Waals surface area contributed by atoms with E-state index in [1.807, 2.05) is 0 Å². The van der Waals surface area contributed by atoms with Crippen molar-refractivity contribution in [2.45, 2.75) is 63.3 Å². The zero-order valence-corrected chi connectivity index (χ0v) is 29.3. The quantitative estimate of drug-likeness (QED) is 0.187. The highest BCUT2D eigenvalue weighted by atomic mass is 15.2. The summed E-state index contributed by atoms with van der Waals surface area (Å²) >= 11 is 0. The highest BCUT2D eigenvalue weighted by molar-refractivity contribution is 6.13. The molecule has 11 rings (SSSR count). The largest absolute Gasteiger partial charge is 0.333 e. The lowest BCUT2D eigenvalue weighted by Crippen LogP contribution is -2.29. The standard InChI is InChI=1S/C48H40N4/c1-3-13-31(14-4-1)32-23-26-35(27-24-32)51-43-28-25-33-15-7-8-18-36(33)46(43)39-29-38-37-19-9-12-22-42(37)52(44(38)30-45(39)51)48-47(34-16-5-2-6-17-34)49-40-20-10-11-21-41(40)50-48/h2-3,5-6,9-14,16,19-27,29-30,34,43H,1,4,7-8,15,17-18,28H2. The second-order valence-corrected chi connectivity index (χ2v) is 15.0. The fraction of sp³-hybridized carbons (Fsp3) is 0.208. The second kappa shape index (κ2) is 11.9. The molecule has 4 nitrogen and oxygen atoms in total. The summed E-state index contributed by atoms with van der Waals surface area (Å²) in [7, 11) is 0. The topological polar surface area (TPSA) is 34.0 Å². The predicted octanol–water partition coefficient (Wildman–Crippen LogP) is 12.2. The number of para-hydroxylation sites is 3. The average molecular weight is 673 g/mol. The molecule has 6 aromatic rings. The summed E-state index contributed by atoms with van der Waals surface area (Å²) in [6.07, 6.45) is 27.5. The molecule has 1 aliphatic heterocycles. The fourth-order valence-electron chi connectivity index (χ4n) is 9.59. The molecular weight excluding hydrogens is 633 g/mol. The van der Waals surface area contributed by atoms with E-state index in [2.05, 4.69) is 143 Å². The van der Waals surface area contributed by atoms with E-state index in [0.29, 0.717) is 0 Å². The molecule has 252 valence electrons. The first-order valence-corrected chi connectivity index (χ1v) is 19.2. The maximum absolute atomic E-state index is 5.44. The summed E-state index contributed by atoms with van der Waals surface area (Å²) in [4.78, 5) is 13.4. The van der Waals surface area contributed by atoms with Crippen molar-refractivity contribution >= 4 is 55.4 Å². The van der Waals surface area contributed by atoms with Crippen molar-refractivity contribution in [2.24, 2.45) is 0 Å². The first kappa shape index (κ1) is 29.9. The molecule has 0 saturated heterocycles. The number of rotatable bonds is 4. The third-order valence-corrected chi connectivity index (χ3v) is 12.0. The van der Waals surface area contributed by atoms with Gasteiger partial charge in [-0.15, -0.1) is 0 Å². The van der Waals surface area contributed by atoms with Gasteiger partial charge in [0.1, 0.15) is 0 Å². The highest BCUT2D eigenvalue weighted by Gasteiger charge is 2.40. The summed E-state index contributed by atoms with van der Waals surface area (Å²) in [5.74, 6) is 1.07. The van der Waals surface area contributed by atoms with Gasteiger partial charge in [-0.3, -0.25) is 4.57 Å². The Morgan fingerprint density at radius 1 is 0.692 bits per heavy atom. The van der Waals surface area contributed by atoms with E-state index in [4.69, 9.17) is 9.97 Å². The number of anilines is 2. The SMILES string of the molecule is C1=CCC(c2nc3ccccc3nc2-n2c3ccccc3c3cc4c(cc32)N(c2ccc(C3=CCCC=C3)cc2)C2CC=C3CCCCC3=C42)C=C1. The van der Waals surface area contributed by atoms with Gasteiger partial charge in [0.15, 0.2) is 5.82 Å². The molecule has 2 aromatic heterocycles. The van der Waals surface area contributed by atoms with Crippen LogP contribution in [0, 0.1) is 0 Å². The lowest BCUT2D eigenvalue weighted by Gasteiger charge is -2.33. The minimum atomic E-state index is 0.150.